The normalized spacial score (nSPS) is 9.74. The lowest BCUT2D eigenvalue weighted by atomic mass is 10.1. The van der Waals surface area contributed by atoms with Crippen LogP contribution in [0.15, 0.2) is 54.6 Å². The Balaban J connectivity index is 2.16. The first-order chi connectivity index (χ1) is 9.20. The zero-order valence-corrected chi connectivity index (χ0v) is 10.1. The van der Waals surface area contributed by atoms with Crippen LogP contribution in [0.1, 0.15) is 20.7 Å². The Morgan fingerprint density at radius 3 is 2.21 bits per heavy atom. The van der Waals surface area contributed by atoms with Crippen molar-refractivity contribution >= 4 is 17.5 Å². The molecular weight excluding hydrogens is 242 g/mol. The molecule has 2 rings (SSSR count). The second-order valence-electron chi connectivity index (χ2n) is 3.87. The van der Waals surface area contributed by atoms with E-state index in [2.05, 4.69) is 5.32 Å². The lowest BCUT2D eigenvalue weighted by molar-refractivity contribution is 0.0952. The van der Waals surface area contributed by atoms with Crippen LogP contribution >= 0.6 is 0 Å². The SMILES string of the molecule is NNC(=O)c1cccc(NC(=O)c2ccccc2)c1. The van der Waals surface area contributed by atoms with E-state index in [1.54, 1.807) is 48.5 Å². The fraction of sp³-hybridized carbons (Fsp3) is 0. The van der Waals surface area contributed by atoms with Gasteiger partial charge in [-0.05, 0) is 30.3 Å². The summed E-state index contributed by atoms with van der Waals surface area (Å²) < 4.78 is 0. The van der Waals surface area contributed by atoms with Crippen molar-refractivity contribution in [3.63, 3.8) is 0 Å². The Morgan fingerprint density at radius 1 is 0.842 bits per heavy atom. The number of nitrogens with one attached hydrogen (secondary N) is 2. The van der Waals surface area contributed by atoms with E-state index in [9.17, 15) is 9.59 Å². The molecule has 0 spiro atoms. The Morgan fingerprint density at radius 2 is 1.53 bits per heavy atom. The maximum absolute atomic E-state index is 11.9. The van der Waals surface area contributed by atoms with Crippen LogP contribution in [0.5, 0.6) is 0 Å². The van der Waals surface area contributed by atoms with Gasteiger partial charge in [0, 0.05) is 16.8 Å². The smallest absolute Gasteiger partial charge is 0.265 e. The third-order valence-corrected chi connectivity index (χ3v) is 2.55. The zero-order valence-electron chi connectivity index (χ0n) is 10.1. The number of carbonyl (C=O) groups excluding carboxylic acids is 2. The van der Waals surface area contributed by atoms with Crippen LogP contribution in [0.4, 0.5) is 5.69 Å². The van der Waals surface area contributed by atoms with Gasteiger partial charge < -0.3 is 5.32 Å². The van der Waals surface area contributed by atoms with Crippen molar-refractivity contribution in [1.82, 2.24) is 5.43 Å². The molecule has 0 unspecified atom stereocenters. The van der Waals surface area contributed by atoms with Gasteiger partial charge in [-0.2, -0.15) is 0 Å². The molecule has 0 saturated heterocycles. The van der Waals surface area contributed by atoms with E-state index in [1.807, 2.05) is 11.5 Å². The molecule has 0 aromatic heterocycles. The summed E-state index contributed by atoms with van der Waals surface area (Å²) in [5.41, 5.74) is 3.51. The standard InChI is InChI=1S/C14H13N3O2/c15-17-14(19)11-7-4-8-12(9-11)16-13(18)10-5-2-1-3-6-10/h1-9H,15H2,(H,16,18)(H,17,19). The minimum atomic E-state index is -0.407. The van der Waals surface area contributed by atoms with Gasteiger partial charge in [0.25, 0.3) is 11.8 Å². The van der Waals surface area contributed by atoms with Crippen LogP contribution in [0.2, 0.25) is 0 Å². The molecule has 0 fully saturated rings. The van der Waals surface area contributed by atoms with Gasteiger partial charge in [-0.1, -0.05) is 24.3 Å². The van der Waals surface area contributed by atoms with Crippen LogP contribution in [-0.2, 0) is 0 Å². The van der Waals surface area contributed by atoms with E-state index in [0.29, 0.717) is 16.8 Å². The molecule has 4 N–H and O–H groups in total. The highest BCUT2D eigenvalue weighted by molar-refractivity contribution is 6.05. The third kappa shape index (κ3) is 3.17. The molecule has 96 valence electrons. The summed E-state index contributed by atoms with van der Waals surface area (Å²) in [6.07, 6.45) is 0. The molecular formula is C14H13N3O2. The molecule has 0 bridgehead atoms. The van der Waals surface area contributed by atoms with Gasteiger partial charge in [-0.15, -0.1) is 0 Å². The Labute approximate surface area is 110 Å². The van der Waals surface area contributed by atoms with Gasteiger partial charge in [0.1, 0.15) is 0 Å². The third-order valence-electron chi connectivity index (χ3n) is 2.55. The summed E-state index contributed by atoms with van der Waals surface area (Å²) in [6, 6.07) is 15.4. The van der Waals surface area contributed by atoms with E-state index < -0.39 is 5.91 Å². The minimum Gasteiger partial charge on any atom is -0.322 e. The first-order valence-electron chi connectivity index (χ1n) is 5.68. The molecule has 0 saturated carbocycles. The van der Waals surface area contributed by atoms with Gasteiger partial charge >= 0.3 is 0 Å². The van der Waals surface area contributed by atoms with E-state index in [0.717, 1.165) is 0 Å². The highest BCUT2D eigenvalue weighted by Gasteiger charge is 2.07. The molecule has 2 aromatic rings. The highest BCUT2D eigenvalue weighted by Crippen LogP contribution is 2.12. The molecule has 0 heterocycles. The summed E-state index contributed by atoms with van der Waals surface area (Å²) in [5.74, 6) is 4.42. The number of rotatable bonds is 3. The molecule has 0 aliphatic carbocycles. The number of benzene rings is 2. The van der Waals surface area contributed by atoms with Gasteiger partial charge in [-0.3, -0.25) is 15.0 Å². The summed E-state index contributed by atoms with van der Waals surface area (Å²) in [6.45, 7) is 0. The predicted molar refractivity (Wildman–Crippen MR) is 72.5 cm³/mol. The van der Waals surface area contributed by atoms with E-state index in [4.69, 9.17) is 5.84 Å². The molecule has 5 heteroatoms. The number of hydrazine groups is 1. The molecule has 0 atom stereocenters. The van der Waals surface area contributed by atoms with Crippen molar-refractivity contribution in [2.24, 2.45) is 5.84 Å². The van der Waals surface area contributed by atoms with Crippen molar-refractivity contribution in [3.05, 3.63) is 65.7 Å². The lowest BCUT2D eigenvalue weighted by Gasteiger charge is -2.06. The van der Waals surface area contributed by atoms with Crippen LogP contribution in [0.3, 0.4) is 0 Å². The van der Waals surface area contributed by atoms with Crippen molar-refractivity contribution in [3.8, 4) is 0 Å². The average molecular weight is 255 g/mol. The summed E-state index contributed by atoms with van der Waals surface area (Å²) in [4.78, 5) is 23.3. The second kappa shape index (κ2) is 5.79. The van der Waals surface area contributed by atoms with Crippen LogP contribution in [0, 0.1) is 0 Å². The summed E-state index contributed by atoms with van der Waals surface area (Å²) in [5, 5.41) is 2.72. The summed E-state index contributed by atoms with van der Waals surface area (Å²) in [7, 11) is 0. The van der Waals surface area contributed by atoms with E-state index in [1.165, 1.54) is 0 Å². The molecule has 0 aliphatic rings. The molecule has 5 nitrogen and oxygen atoms in total. The first-order valence-corrected chi connectivity index (χ1v) is 5.68. The van der Waals surface area contributed by atoms with E-state index >= 15 is 0 Å². The Hall–Kier alpha value is -2.66. The average Bonchev–Trinajstić information content (AvgIpc) is 2.47. The Kier molecular flexibility index (Phi) is 3.90. The van der Waals surface area contributed by atoms with Crippen LogP contribution < -0.4 is 16.6 Å². The number of hydrogen-bond acceptors (Lipinski definition) is 3. The monoisotopic (exact) mass is 255 g/mol. The predicted octanol–water partition coefficient (Wildman–Crippen LogP) is 1.54. The number of amides is 2. The van der Waals surface area contributed by atoms with Gasteiger partial charge in [0.05, 0.1) is 0 Å². The molecule has 0 aliphatic heterocycles. The second-order valence-corrected chi connectivity index (χ2v) is 3.87. The van der Waals surface area contributed by atoms with Crippen molar-refractivity contribution in [2.45, 2.75) is 0 Å². The molecule has 19 heavy (non-hydrogen) atoms. The van der Waals surface area contributed by atoms with Crippen LogP contribution in [-0.4, -0.2) is 11.8 Å². The first kappa shape index (κ1) is 12.8. The maximum atomic E-state index is 11.9. The van der Waals surface area contributed by atoms with Gasteiger partial charge in [-0.25, -0.2) is 5.84 Å². The molecule has 2 aromatic carbocycles. The highest BCUT2D eigenvalue weighted by atomic mass is 16.2. The van der Waals surface area contributed by atoms with Gasteiger partial charge in [0.2, 0.25) is 0 Å². The topological polar surface area (TPSA) is 84.2 Å². The van der Waals surface area contributed by atoms with Crippen molar-refractivity contribution in [2.75, 3.05) is 5.32 Å². The fourth-order valence-electron chi connectivity index (χ4n) is 1.61. The number of anilines is 1. The number of carbonyl (C=O) groups is 2. The number of nitrogens with two attached hydrogens (primary N) is 1. The van der Waals surface area contributed by atoms with Gasteiger partial charge in [0.15, 0.2) is 0 Å². The van der Waals surface area contributed by atoms with Crippen molar-refractivity contribution < 1.29 is 9.59 Å². The van der Waals surface area contributed by atoms with E-state index in [-0.39, 0.29) is 5.91 Å². The fourth-order valence-corrected chi connectivity index (χ4v) is 1.61. The van der Waals surface area contributed by atoms with Crippen LogP contribution in [0.25, 0.3) is 0 Å². The Bertz CT molecular complexity index is 597. The molecule has 0 radical (unpaired) electrons. The largest absolute Gasteiger partial charge is 0.322 e. The minimum absolute atomic E-state index is 0.231. The number of hydrogen-bond donors (Lipinski definition) is 3. The quantitative estimate of drug-likeness (QED) is 0.442. The zero-order chi connectivity index (χ0) is 13.7. The summed E-state index contributed by atoms with van der Waals surface area (Å²) >= 11 is 0. The maximum Gasteiger partial charge on any atom is 0.265 e. The lowest BCUT2D eigenvalue weighted by Crippen LogP contribution is -2.30. The molecule has 2 amide bonds. The number of nitrogen functional groups attached to an aromatic ring is 1. The van der Waals surface area contributed by atoms with Crippen molar-refractivity contribution in [1.29, 1.82) is 0 Å².